The molecule has 1 aliphatic heterocycles. The van der Waals surface area contributed by atoms with Gasteiger partial charge in [0, 0.05) is 13.5 Å². The normalized spacial score (nSPS) is 18.2. The molecular weight excluding hydrogens is 222 g/mol. The highest BCUT2D eigenvalue weighted by atomic mass is 32.1. The largest absolute Gasteiger partial charge is 0.482 e. The fraction of sp³-hybridized carbons (Fsp3) is 0.273. The number of para-hydroxylation sites is 1. The van der Waals surface area contributed by atoms with E-state index in [0.29, 0.717) is 4.77 Å². The van der Waals surface area contributed by atoms with E-state index in [9.17, 15) is 0 Å². The van der Waals surface area contributed by atoms with E-state index in [-0.39, 0.29) is 6.10 Å². The lowest BCUT2D eigenvalue weighted by atomic mass is 10.1. The molecule has 1 aromatic heterocycles. The smallest absolute Gasteiger partial charge is 0.195 e. The molecule has 3 rings (SSSR count). The Bertz CT molecular complexity index is 562. The Hall–Kier alpha value is -1.62. The minimum atomic E-state index is -0.0321. The van der Waals surface area contributed by atoms with Crippen molar-refractivity contribution in [2.75, 3.05) is 0 Å². The van der Waals surface area contributed by atoms with E-state index >= 15 is 0 Å². The molecule has 1 unspecified atom stereocenters. The van der Waals surface area contributed by atoms with Crippen LogP contribution < -0.4 is 4.74 Å². The van der Waals surface area contributed by atoms with Gasteiger partial charge in [0.05, 0.1) is 0 Å². The first-order valence-corrected chi connectivity index (χ1v) is 5.52. The highest BCUT2D eigenvalue weighted by molar-refractivity contribution is 7.71. The van der Waals surface area contributed by atoms with Gasteiger partial charge >= 0.3 is 0 Å². The van der Waals surface area contributed by atoms with Crippen molar-refractivity contribution in [1.82, 2.24) is 14.8 Å². The second-order valence-corrected chi connectivity index (χ2v) is 4.25. The van der Waals surface area contributed by atoms with E-state index in [4.69, 9.17) is 17.0 Å². The fourth-order valence-corrected chi connectivity index (χ4v) is 2.11. The van der Waals surface area contributed by atoms with Gasteiger partial charge in [-0.2, -0.15) is 5.10 Å². The number of benzene rings is 1. The molecule has 0 aliphatic carbocycles. The van der Waals surface area contributed by atoms with Crippen LogP contribution in [0.2, 0.25) is 0 Å². The minimum Gasteiger partial charge on any atom is -0.482 e. The topological polar surface area (TPSA) is 42.8 Å². The molecule has 1 N–H and O–H groups in total. The van der Waals surface area contributed by atoms with E-state index in [1.54, 1.807) is 0 Å². The number of hydrogen-bond acceptors (Lipinski definition) is 3. The Kier molecular flexibility index (Phi) is 2.07. The van der Waals surface area contributed by atoms with Gasteiger partial charge in [0.2, 0.25) is 0 Å². The quantitative estimate of drug-likeness (QED) is 0.767. The Morgan fingerprint density at radius 2 is 2.31 bits per heavy atom. The molecule has 82 valence electrons. The van der Waals surface area contributed by atoms with Crippen molar-refractivity contribution in [3.05, 3.63) is 40.4 Å². The van der Waals surface area contributed by atoms with E-state index < -0.39 is 0 Å². The fourth-order valence-electron chi connectivity index (χ4n) is 1.97. The van der Waals surface area contributed by atoms with E-state index in [1.807, 2.05) is 29.8 Å². The molecule has 2 aromatic rings. The van der Waals surface area contributed by atoms with E-state index in [2.05, 4.69) is 16.3 Å². The number of fused-ring (bicyclic) bond motifs is 1. The highest BCUT2D eigenvalue weighted by Gasteiger charge is 2.27. The summed E-state index contributed by atoms with van der Waals surface area (Å²) in [4.78, 5) is 0. The van der Waals surface area contributed by atoms with Crippen LogP contribution in [-0.2, 0) is 13.5 Å². The monoisotopic (exact) mass is 233 g/mol. The molecule has 0 amide bonds. The molecule has 1 aliphatic rings. The first-order chi connectivity index (χ1) is 7.75. The van der Waals surface area contributed by atoms with Crippen molar-refractivity contribution in [3.8, 4) is 5.75 Å². The molecule has 0 saturated carbocycles. The number of nitrogens with zero attached hydrogens (tertiary/aromatic N) is 2. The van der Waals surface area contributed by atoms with Gasteiger partial charge in [-0.3, -0.25) is 5.10 Å². The van der Waals surface area contributed by atoms with Crippen LogP contribution in [-0.4, -0.2) is 14.8 Å². The van der Waals surface area contributed by atoms with Gasteiger partial charge in [-0.15, -0.1) is 0 Å². The number of aromatic amines is 1. The van der Waals surface area contributed by atoms with Gasteiger partial charge in [0.1, 0.15) is 5.75 Å². The third kappa shape index (κ3) is 1.36. The van der Waals surface area contributed by atoms with Crippen molar-refractivity contribution < 1.29 is 4.74 Å². The van der Waals surface area contributed by atoms with Crippen molar-refractivity contribution in [1.29, 1.82) is 0 Å². The predicted molar refractivity (Wildman–Crippen MR) is 61.9 cm³/mol. The minimum absolute atomic E-state index is 0.0321. The predicted octanol–water partition coefficient (Wildman–Crippen LogP) is 2.15. The molecule has 4 nitrogen and oxygen atoms in total. The SMILES string of the molecule is Cn1c(C2Cc3ccccc3O2)n[nH]c1=S. The number of H-pyrrole nitrogens is 1. The molecule has 16 heavy (non-hydrogen) atoms. The molecule has 0 saturated heterocycles. The van der Waals surface area contributed by atoms with Crippen LogP contribution in [0.15, 0.2) is 24.3 Å². The van der Waals surface area contributed by atoms with Crippen molar-refractivity contribution in [2.45, 2.75) is 12.5 Å². The lowest BCUT2D eigenvalue weighted by Crippen LogP contribution is -2.10. The Morgan fingerprint density at radius 1 is 1.50 bits per heavy atom. The number of ether oxygens (including phenoxy) is 1. The van der Waals surface area contributed by atoms with Crippen LogP contribution >= 0.6 is 12.2 Å². The summed E-state index contributed by atoms with van der Waals surface area (Å²) in [6, 6.07) is 8.06. The second kappa shape index (κ2) is 3.45. The second-order valence-electron chi connectivity index (χ2n) is 3.86. The van der Waals surface area contributed by atoms with Crippen LogP contribution in [0.5, 0.6) is 5.75 Å². The Balaban J connectivity index is 1.97. The zero-order chi connectivity index (χ0) is 11.1. The summed E-state index contributed by atoms with van der Waals surface area (Å²) in [7, 11) is 1.90. The summed E-state index contributed by atoms with van der Waals surface area (Å²) in [6.07, 6.45) is 0.819. The van der Waals surface area contributed by atoms with Gasteiger partial charge in [-0.05, 0) is 23.8 Å². The van der Waals surface area contributed by atoms with Gasteiger partial charge in [-0.25, -0.2) is 0 Å². The lowest BCUT2D eigenvalue weighted by Gasteiger charge is -2.08. The molecule has 1 atom stereocenters. The average molecular weight is 233 g/mol. The third-order valence-corrected chi connectivity index (χ3v) is 3.21. The van der Waals surface area contributed by atoms with Gasteiger partial charge in [0.15, 0.2) is 16.7 Å². The van der Waals surface area contributed by atoms with Crippen molar-refractivity contribution in [3.63, 3.8) is 0 Å². The zero-order valence-electron chi connectivity index (χ0n) is 8.80. The third-order valence-electron chi connectivity index (χ3n) is 2.85. The maximum absolute atomic E-state index is 5.84. The molecule has 0 radical (unpaired) electrons. The lowest BCUT2D eigenvalue weighted by molar-refractivity contribution is 0.223. The van der Waals surface area contributed by atoms with Crippen molar-refractivity contribution >= 4 is 12.2 Å². The number of aromatic nitrogens is 3. The molecule has 1 aromatic carbocycles. The van der Waals surface area contributed by atoms with E-state index in [1.165, 1.54) is 5.56 Å². The van der Waals surface area contributed by atoms with E-state index in [0.717, 1.165) is 18.0 Å². The average Bonchev–Trinajstić information content (AvgIpc) is 2.84. The maximum Gasteiger partial charge on any atom is 0.195 e. The van der Waals surface area contributed by atoms with Crippen LogP contribution in [0, 0.1) is 4.77 Å². The number of hydrogen-bond donors (Lipinski definition) is 1. The molecule has 5 heteroatoms. The molecule has 0 bridgehead atoms. The first-order valence-electron chi connectivity index (χ1n) is 5.11. The Labute approximate surface area is 97.9 Å². The molecule has 2 heterocycles. The summed E-state index contributed by atoms with van der Waals surface area (Å²) in [5.41, 5.74) is 1.22. The number of rotatable bonds is 1. The highest BCUT2D eigenvalue weighted by Crippen LogP contribution is 2.35. The van der Waals surface area contributed by atoms with Crippen LogP contribution in [0.3, 0.4) is 0 Å². The van der Waals surface area contributed by atoms with Crippen LogP contribution in [0.25, 0.3) is 0 Å². The van der Waals surface area contributed by atoms with Gasteiger partial charge in [-0.1, -0.05) is 18.2 Å². The zero-order valence-corrected chi connectivity index (χ0v) is 9.62. The molecular formula is C11H11N3OS. The van der Waals surface area contributed by atoms with Gasteiger partial charge in [0.25, 0.3) is 0 Å². The summed E-state index contributed by atoms with van der Waals surface area (Å²) in [5.74, 6) is 1.79. The maximum atomic E-state index is 5.84. The summed E-state index contributed by atoms with van der Waals surface area (Å²) < 4.78 is 8.31. The summed E-state index contributed by atoms with van der Waals surface area (Å²) in [5, 5.41) is 6.98. The Morgan fingerprint density at radius 3 is 3.00 bits per heavy atom. The standard InChI is InChI=1S/C11H11N3OS/c1-14-10(12-13-11(14)16)9-6-7-4-2-3-5-8(7)15-9/h2-5,9H,6H2,1H3,(H,13,16). The van der Waals surface area contributed by atoms with Crippen LogP contribution in [0.1, 0.15) is 17.5 Å². The van der Waals surface area contributed by atoms with Gasteiger partial charge < -0.3 is 9.30 Å². The summed E-state index contributed by atoms with van der Waals surface area (Å²) >= 11 is 5.09. The molecule has 0 spiro atoms. The van der Waals surface area contributed by atoms with Crippen molar-refractivity contribution in [2.24, 2.45) is 7.05 Å². The molecule has 0 fully saturated rings. The first kappa shape index (κ1) is 9.59. The summed E-state index contributed by atoms with van der Waals surface area (Å²) in [6.45, 7) is 0. The number of nitrogens with one attached hydrogen (secondary N) is 1. The van der Waals surface area contributed by atoms with Crippen LogP contribution in [0.4, 0.5) is 0 Å².